The van der Waals surface area contributed by atoms with Crippen molar-refractivity contribution in [3.63, 3.8) is 0 Å². The molecular formula is C25H34N4O7S. The average Bonchev–Trinajstić information content (AvgIpc) is 2.84. The summed E-state index contributed by atoms with van der Waals surface area (Å²) < 4.78 is 31.6. The number of hydrogen-bond acceptors (Lipinski definition) is 7. The fourth-order valence-electron chi connectivity index (χ4n) is 3.87. The Kier molecular flexibility index (Phi) is 10.4. The maximum Gasteiger partial charge on any atom is 0.271 e. The summed E-state index contributed by atoms with van der Waals surface area (Å²) in [6.45, 7) is 5.41. The zero-order chi connectivity index (χ0) is 27.8. The van der Waals surface area contributed by atoms with Gasteiger partial charge in [0, 0.05) is 25.2 Å². The molecule has 0 fully saturated rings. The third-order valence-electron chi connectivity index (χ3n) is 5.69. The second kappa shape index (κ2) is 13.0. The molecule has 37 heavy (non-hydrogen) atoms. The highest BCUT2D eigenvalue weighted by Gasteiger charge is 2.33. The van der Waals surface area contributed by atoms with Crippen LogP contribution in [0.1, 0.15) is 37.8 Å². The number of nitrogens with zero attached hydrogens (tertiary/aromatic N) is 3. The summed E-state index contributed by atoms with van der Waals surface area (Å²) in [5, 5.41) is 14.2. The number of amides is 2. The number of aryl methyl sites for hydroxylation is 1. The lowest BCUT2D eigenvalue weighted by molar-refractivity contribution is -0.384. The molecule has 11 nitrogen and oxygen atoms in total. The number of nitro groups is 1. The van der Waals surface area contributed by atoms with Crippen molar-refractivity contribution in [1.82, 2.24) is 10.2 Å². The summed E-state index contributed by atoms with van der Waals surface area (Å²) >= 11 is 0. The summed E-state index contributed by atoms with van der Waals surface area (Å²) in [5.74, 6) is -0.940. The lowest BCUT2D eigenvalue weighted by atomic mass is 10.1. The van der Waals surface area contributed by atoms with Crippen LogP contribution in [0.3, 0.4) is 0 Å². The molecule has 0 radical (unpaired) electrons. The Bertz CT molecular complexity index is 1230. The summed E-state index contributed by atoms with van der Waals surface area (Å²) in [5.41, 5.74) is 1.23. The number of anilines is 1. The number of sulfonamides is 1. The molecule has 2 aromatic rings. The zero-order valence-electron chi connectivity index (χ0n) is 21.8. The molecular weight excluding hydrogens is 500 g/mol. The highest BCUT2D eigenvalue weighted by Crippen LogP contribution is 2.34. The van der Waals surface area contributed by atoms with E-state index in [0.717, 1.165) is 27.8 Å². The van der Waals surface area contributed by atoms with Gasteiger partial charge in [-0.15, -0.1) is 0 Å². The van der Waals surface area contributed by atoms with E-state index in [0.29, 0.717) is 19.4 Å². The predicted octanol–water partition coefficient (Wildman–Crippen LogP) is 3.01. The minimum Gasteiger partial charge on any atom is -0.495 e. The fourth-order valence-corrected chi connectivity index (χ4v) is 4.72. The van der Waals surface area contributed by atoms with E-state index in [1.54, 1.807) is 6.92 Å². The number of rotatable bonds is 13. The molecule has 0 aromatic heterocycles. The van der Waals surface area contributed by atoms with Crippen LogP contribution in [0.25, 0.3) is 0 Å². The van der Waals surface area contributed by atoms with Gasteiger partial charge in [0.25, 0.3) is 5.69 Å². The van der Waals surface area contributed by atoms with Gasteiger partial charge in [0.2, 0.25) is 21.8 Å². The summed E-state index contributed by atoms with van der Waals surface area (Å²) in [4.78, 5) is 38.7. The number of hydrogen-bond donors (Lipinski definition) is 1. The molecule has 1 atom stereocenters. The van der Waals surface area contributed by atoms with E-state index in [1.165, 1.54) is 24.1 Å². The number of benzene rings is 2. The van der Waals surface area contributed by atoms with Crippen molar-refractivity contribution in [1.29, 1.82) is 0 Å². The topological polar surface area (TPSA) is 139 Å². The third kappa shape index (κ3) is 7.91. The van der Waals surface area contributed by atoms with Gasteiger partial charge in [0.15, 0.2) is 0 Å². The first-order valence-electron chi connectivity index (χ1n) is 11.9. The predicted molar refractivity (Wildman–Crippen MR) is 141 cm³/mol. The van der Waals surface area contributed by atoms with Gasteiger partial charge in [-0.25, -0.2) is 8.42 Å². The summed E-state index contributed by atoms with van der Waals surface area (Å²) in [6, 6.07) is 10.1. The van der Waals surface area contributed by atoms with Gasteiger partial charge in [-0.2, -0.15) is 0 Å². The number of carbonyl (C=O) groups excluding carboxylic acids is 2. The van der Waals surface area contributed by atoms with Crippen LogP contribution in [0, 0.1) is 17.0 Å². The summed E-state index contributed by atoms with van der Waals surface area (Å²) in [7, 11) is -2.79. The van der Waals surface area contributed by atoms with Crippen molar-refractivity contribution >= 4 is 33.2 Å². The average molecular weight is 535 g/mol. The first-order valence-corrected chi connectivity index (χ1v) is 13.7. The molecule has 0 aliphatic carbocycles. The van der Waals surface area contributed by atoms with Gasteiger partial charge >= 0.3 is 0 Å². The van der Waals surface area contributed by atoms with Crippen molar-refractivity contribution in [2.75, 3.05) is 30.8 Å². The first kappa shape index (κ1) is 29.6. The Hall–Kier alpha value is -3.67. The number of ether oxygens (including phenoxy) is 1. The molecule has 12 heteroatoms. The van der Waals surface area contributed by atoms with Gasteiger partial charge in [-0.05, 0) is 31.4 Å². The number of methoxy groups -OCH3 is 1. The standard InChI is InChI=1S/C25H34N4O7S/c1-6-13-26-25(31)21(7-2)27(16-19-10-8-9-18(3)14-19)24(30)17-28(37(5,34)35)22-15-20(29(32)33)11-12-23(22)36-4/h8-12,14-15,21H,6-7,13,16-17H2,1-5H3,(H,26,31). The first-order chi connectivity index (χ1) is 17.4. The van der Waals surface area contributed by atoms with Crippen LogP contribution in [0.15, 0.2) is 42.5 Å². The largest absolute Gasteiger partial charge is 0.495 e. The van der Waals surface area contributed by atoms with E-state index in [1.807, 2.05) is 38.1 Å². The van der Waals surface area contributed by atoms with Crippen molar-refractivity contribution in [2.45, 2.75) is 46.2 Å². The normalized spacial score (nSPS) is 11.9. The minimum atomic E-state index is -4.09. The van der Waals surface area contributed by atoms with Crippen LogP contribution >= 0.6 is 0 Å². The smallest absolute Gasteiger partial charge is 0.271 e. The van der Waals surface area contributed by atoms with E-state index in [-0.39, 0.29) is 29.6 Å². The molecule has 0 heterocycles. The molecule has 0 saturated carbocycles. The molecule has 2 amide bonds. The van der Waals surface area contributed by atoms with Crippen molar-refractivity contribution in [2.24, 2.45) is 0 Å². The zero-order valence-corrected chi connectivity index (χ0v) is 22.6. The quantitative estimate of drug-likeness (QED) is 0.308. The van der Waals surface area contributed by atoms with Gasteiger partial charge in [0.05, 0.1) is 18.3 Å². The molecule has 1 N–H and O–H groups in total. The molecule has 1 unspecified atom stereocenters. The SMILES string of the molecule is CCCNC(=O)C(CC)N(Cc1cccc(C)c1)C(=O)CN(c1cc([N+](=O)[O-])ccc1OC)S(C)(=O)=O. The highest BCUT2D eigenvalue weighted by molar-refractivity contribution is 7.92. The van der Waals surface area contributed by atoms with E-state index in [9.17, 15) is 28.1 Å². The molecule has 0 aliphatic heterocycles. The fraction of sp³-hybridized carbons (Fsp3) is 0.440. The molecule has 0 saturated heterocycles. The number of nitrogens with one attached hydrogen (secondary N) is 1. The van der Waals surface area contributed by atoms with Crippen LogP contribution in [0.4, 0.5) is 11.4 Å². The third-order valence-corrected chi connectivity index (χ3v) is 6.82. The molecule has 2 aromatic carbocycles. The van der Waals surface area contributed by atoms with Gasteiger partial charge in [0.1, 0.15) is 24.0 Å². The van der Waals surface area contributed by atoms with Gasteiger partial charge in [-0.3, -0.25) is 24.0 Å². The monoisotopic (exact) mass is 534 g/mol. The lowest BCUT2D eigenvalue weighted by Gasteiger charge is -2.33. The molecule has 0 bridgehead atoms. The second-order valence-corrected chi connectivity index (χ2v) is 10.5. The lowest BCUT2D eigenvalue weighted by Crippen LogP contribution is -2.52. The molecule has 0 aliphatic rings. The van der Waals surface area contributed by atoms with Crippen LogP contribution in [-0.4, -0.2) is 62.6 Å². The van der Waals surface area contributed by atoms with Crippen LogP contribution < -0.4 is 14.4 Å². The van der Waals surface area contributed by atoms with Crippen LogP contribution in [0.5, 0.6) is 5.75 Å². The Morgan fingerprint density at radius 3 is 2.41 bits per heavy atom. The van der Waals surface area contributed by atoms with E-state index >= 15 is 0 Å². The molecule has 2 rings (SSSR count). The number of nitro benzene ring substituents is 1. The minimum absolute atomic E-state index is 0.0433. The summed E-state index contributed by atoms with van der Waals surface area (Å²) in [6.07, 6.45) is 1.91. The number of carbonyl (C=O) groups is 2. The van der Waals surface area contributed by atoms with E-state index < -0.39 is 33.4 Å². The Morgan fingerprint density at radius 2 is 1.86 bits per heavy atom. The maximum atomic E-state index is 13.7. The molecule has 202 valence electrons. The Balaban J connectivity index is 2.55. The van der Waals surface area contributed by atoms with Crippen molar-refractivity contribution in [3.05, 3.63) is 63.7 Å². The van der Waals surface area contributed by atoms with Crippen LogP contribution in [-0.2, 0) is 26.2 Å². The Labute approximate surface area is 217 Å². The van der Waals surface area contributed by atoms with E-state index in [4.69, 9.17) is 4.74 Å². The maximum absolute atomic E-state index is 13.7. The van der Waals surface area contributed by atoms with Crippen LogP contribution in [0.2, 0.25) is 0 Å². The highest BCUT2D eigenvalue weighted by atomic mass is 32.2. The van der Waals surface area contributed by atoms with E-state index in [2.05, 4.69) is 5.32 Å². The van der Waals surface area contributed by atoms with Crippen molar-refractivity contribution in [3.8, 4) is 5.75 Å². The van der Waals surface area contributed by atoms with Gasteiger partial charge < -0.3 is 15.0 Å². The van der Waals surface area contributed by atoms with Crippen molar-refractivity contribution < 1.29 is 27.7 Å². The number of non-ortho nitro benzene ring substituents is 1. The Morgan fingerprint density at radius 1 is 1.16 bits per heavy atom. The second-order valence-electron chi connectivity index (χ2n) is 8.61. The molecule has 0 spiro atoms. The van der Waals surface area contributed by atoms with Gasteiger partial charge in [-0.1, -0.05) is 43.7 Å².